The van der Waals surface area contributed by atoms with Gasteiger partial charge in [0.1, 0.15) is 5.75 Å². The monoisotopic (exact) mass is 256 g/mol. The summed E-state index contributed by atoms with van der Waals surface area (Å²) in [6.45, 7) is 0.322. The largest absolute Gasteiger partial charge is 0.493 e. The van der Waals surface area contributed by atoms with E-state index in [-0.39, 0.29) is 5.91 Å². The highest BCUT2D eigenvalue weighted by Gasteiger charge is 2.02. The Kier molecular flexibility index (Phi) is 4.39. The summed E-state index contributed by atoms with van der Waals surface area (Å²) in [7, 11) is 0. The Labute approximate surface area is 112 Å². The van der Waals surface area contributed by atoms with Crippen LogP contribution in [-0.4, -0.2) is 12.5 Å². The molecule has 19 heavy (non-hydrogen) atoms. The second kappa shape index (κ2) is 6.44. The van der Waals surface area contributed by atoms with Gasteiger partial charge < -0.3 is 15.8 Å². The van der Waals surface area contributed by atoms with E-state index in [9.17, 15) is 4.79 Å². The third kappa shape index (κ3) is 4.35. The first-order chi connectivity index (χ1) is 9.24. The molecule has 0 aliphatic carbocycles. The molecule has 2 aromatic rings. The average molecular weight is 256 g/mol. The Morgan fingerprint density at radius 1 is 1.11 bits per heavy atom. The van der Waals surface area contributed by atoms with Crippen molar-refractivity contribution in [2.75, 3.05) is 17.7 Å². The summed E-state index contributed by atoms with van der Waals surface area (Å²) in [6, 6.07) is 16.5. The summed E-state index contributed by atoms with van der Waals surface area (Å²) in [5.74, 6) is 0.600. The van der Waals surface area contributed by atoms with Crippen molar-refractivity contribution in [3.63, 3.8) is 0 Å². The molecule has 0 spiro atoms. The van der Waals surface area contributed by atoms with Crippen molar-refractivity contribution in [2.24, 2.45) is 0 Å². The van der Waals surface area contributed by atoms with Gasteiger partial charge >= 0.3 is 0 Å². The fourth-order valence-electron chi connectivity index (χ4n) is 1.61. The molecule has 3 N–H and O–H groups in total. The van der Waals surface area contributed by atoms with E-state index < -0.39 is 0 Å². The molecule has 0 saturated carbocycles. The molecule has 0 aliphatic rings. The van der Waals surface area contributed by atoms with Crippen molar-refractivity contribution in [3.05, 3.63) is 54.6 Å². The van der Waals surface area contributed by atoms with Crippen LogP contribution < -0.4 is 15.8 Å². The zero-order chi connectivity index (χ0) is 13.5. The zero-order valence-corrected chi connectivity index (χ0v) is 10.5. The number of hydrogen-bond acceptors (Lipinski definition) is 3. The highest BCUT2D eigenvalue weighted by atomic mass is 16.5. The van der Waals surface area contributed by atoms with Crippen LogP contribution in [0.25, 0.3) is 0 Å². The number of hydrogen-bond donors (Lipinski definition) is 2. The summed E-state index contributed by atoms with van der Waals surface area (Å²) < 4.78 is 5.45. The maximum Gasteiger partial charge on any atom is 0.227 e. The first kappa shape index (κ1) is 13.0. The summed E-state index contributed by atoms with van der Waals surface area (Å²) in [5.41, 5.74) is 7.07. The lowest BCUT2D eigenvalue weighted by Crippen LogP contribution is -2.15. The van der Waals surface area contributed by atoms with Crippen molar-refractivity contribution in [2.45, 2.75) is 6.42 Å². The minimum absolute atomic E-state index is 0.0740. The summed E-state index contributed by atoms with van der Waals surface area (Å²) >= 11 is 0. The number of para-hydroxylation sites is 1. The molecule has 0 radical (unpaired) electrons. The van der Waals surface area contributed by atoms with Crippen LogP contribution in [0.4, 0.5) is 11.4 Å². The van der Waals surface area contributed by atoms with Crippen LogP contribution in [0, 0.1) is 0 Å². The number of rotatable bonds is 5. The minimum atomic E-state index is -0.0740. The molecule has 98 valence electrons. The van der Waals surface area contributed by atoms with E-state index in [0.717, 1.165) is 5.69 Å². The van der Waals surface area contributed by atoms with Crippen molar-refractivity contribution in [1.29, 1.82) is 0 Å². The molecule has 0 fully saturated rings. The molecule has 2 aromatic carbocycles. The quantitative estimate of drug-likeness (QED) is 0.808. The normalized spacial score (nSPS) is 9.89. The molecule has 0 bridgehead atoms. The number of nitrogens with one attached hydrogen (secondary N) is 1. The van der Waals surface area contributed by atoms with E-state index >= 15 is 0 Å². The maximum atomic E-state index is 11.7. The van der Waals surface area contributed by atoms with Gasteiger partial charge in [-0.05, 0) is 24.3 Å². The first-order valence-corrected chi connectivity index (χ1v) is 6.07. The Morgan fingerprint density at radius 3 is 2.63 bits per heavy atom. The zero-order valence-electron chi connectivity index (χ0n) is 10.5. The third-order valence-corrected chi connectivity index (χ3v) is 2.51. The van der Waals surface area contributed by atoms with Gasteiger partial charge in [0.15, 0.2) is 0 Å². The topological polar surface area (TPSA) is 64.3 Å². The lowest BCUT2D eigenvalue weighted by Gasteiger charge is -2.07. The van der Waals surface area contributed by atoms with Crippen LogP contribution in [0.15, 0.2) is 54.6 Å². The van der Waals surface area contributed by atoms with Gasteiger partial charge in [-0.15, -0.1) is 0 Å². The van der Waals surface area contributed by atoms with Gasteiger partial charge in [0.05, 0.1) is 13.0 Å². The van der Waals surface area contributed by atoms with Crippen molar-refractivity contribution in [1.82, 2.24) is 0 Å². The van der Waals surface area contributed by atoms with Gasteiger partial charge in [-0.3, -0.25) is 4.79 Å². The number of amides is 1. The number of benzene rings is 2. The van der Waals surface area contributed by atoms with Crippen LogP contribution in [0.3, 0.4) is 0 Å². The van der Waals surface area contributed by atoms with Crippen molar-refractivity contribution < 1.29 is 9.53 Å². The van der Waals surface area contributed by atoms with Gasteiger partial charge in [0.25, 0.3) is 0 Å². The van der Waals surface area contributed by atoms with Crippen LogP contribution in [0.5, 0.6) is 5.75 Å². The molecule has 0 heterocycles. The average Bonchev–Trinajstić information content (AvgIpc) is 2.40. The highest BCUT2D eigenvalue weighted by molar-refractivity contribution is 5.90. The Hall–Kier alpha value is -2.49. The summed E-state index contributed by atoms with van der Waals surface area (Å²) in [6.07, 6.45) is 0.295. The standard InChI is InChI=1S/C15H16N2O2/c16-12-5-4-8-14(11-12)19-10-9-15(18)17-13-6-2-1-3-7-13/h1-8,11H,9-10,16H2,(H,17,18). The van der Waals surface area contributed by atoms with Gasteiger partial charge in [0.2, 0.25) is 5.91 Å². The van der Waals surface area contributed by atoms with Gasteiger partial charge in [-0.1, -0.05) is 24.3 Å². The summed E-state index contributed by atoms with van der Waals surface area (Å²) in [4.78, 5) is 11.7. The molecule has 0 aromatic heterocycles. The van der Waals surface area contributed by atoms with Crippen LogP contribution in [0.2, 0.25) is 0 Å². The second-order valence-electron chi connectivity index (χ2n) is 4.09. The van der Waals surface area contributed by atoms with E-state index in [2.05, 4.69) is 5.32 Å². The van der Waals surface area contributed by atoms with Gasteiger partial charge in [0, 0.05) is 17.4 Å². The van der Waals surface area contributed by atoms with E-state index in [4.69, 9.17) is 10.5 Å². The second-order valence-corrected chi connectivity index (χ2v) is 4.09. The predicted molar refractivity (Wildman–Crippen MR) is 76.0 cm³/mol. The molecule has 2 rings (SSSR count). The minimum Gasteiger partial charge on any atom is -0.493 e. The van der Waals surface area contributed by atoms with Crippen molar-refractivity contribution in [3.8, 4) is 5.75 Å². The van der Waals surface area contributed by atoms with Crippen LogP contribution in [0.1, 0.15) is 6.42 Å². The van der Waals surface area contributed by atoms with Crippen LogP contribution in [-0.2, 0) is 4.79 Å². The van der Waals surface area contributed by atoms with E-state index in [1.54, 1.807) is 12.1 Å². The van der Waals surface area contributed by atoms with Crippen molar-refractivity contribution >= 4 is 17.3 Å². The van der Waals surface area contributed by atoms with Gasteiger partial charge in [-0.2, -0.15) is 0 Å². The fourth-order valence-corrected chi connectivity index (χ4v) is 1.61. The Morgan fingerprint density at radius 2 is 1.89 bits per heavy atom. The molecular formula is C15H16N2O2. The molecule has 4 heteroatoms. The lowest BCUT2D eigenvalue weighted by molar-refractivity contribution is -0.116. The molecule has 0 atom stereocenters. The predicted octanol–water partition coefficient (Wildman–Crippen LogP) is 2.68. The molecule has 4 nitrogen and oxygen atoms in total. The number of anilines is 2. The number of carbonyl (C=O) groups excluding carboxylic acids is 1. The third-order valence-electron chi connectivity index (χ3n) is 2.51. The number of nitrogens with two attached hydrogens (primary N) is 1. The number of carbonyl (C=O) groups is 1. The van der Waals surface area contributed by atoms with E-state index in [1.807, 2.05) is 42.5 Å². The highest BCUT2D eigenvalue weighted by Crippen LogP contribution is 2.14. The Bertz CT molecular complexity index is 541. The SMILES string of the molecule is Nc1cccc(OCCC(=O)Nc2ccccc2)c1. The lowest BCUT2D eigenvalue weighted by atomic mass is 10.3. The van der Waals surface area contributed by atoms with Crippen LogP contribution >= 0.6 is 0 Å². The maximum absolute atomic E-state index is 11.7. The molecule has 0 aliphatic heterocycles. The summed E-state index contributed by atoms with van der Waals surface area (Å²) in [5, 5.41) is 2.80. The molecule has 0 unspecified atom stereocenters. The van der Waals surface area contributed by atoms with Gasteiger partial charge in [-0.25, -0.2) is 0 Å². The number of nitrogen functional groups attached to an aromatic ring is 1. The van der Waals surface area contributed by atoms with E-state index in [0.29, 0.717) is 24.5 Å². The number of ether oxygens (including phenoxy) is 1. The smallest absolute Gasteiger partial charge is 0.227 e. The molecular weight excluding hydrogens is 240 g/mol. The molecule has 1 amide bonds. The first-order valence-electron chi connectivity index (χ1n) is 6.07. The van der Waals surface area contributed by atoms with E-state index in [1.165, 1.54) is 0 Å². The fraction of sp³-hybridized carbons (Fsp3) is 0.133. The molecule has 0 saturated heterocycles. The Balaban J connectivity index is 1.75.